The molecule has 0 bridgehead atoms. The smallest absolute Gasteiger partial charge is 0.251 e. The summed E-state index contributed by atoms with van der Waals surface area (Å²) in [6.07, 6.45) is 0. The third-order valence-electron chi connectivity index (χ3n) is 3.65. The molecule has 25 heavy (non-hydrogen) atoms. The van der Waals surface area contributed by atoms with Gasteiger partial charge in [0.2, 0.25) is 0 Å². The van der Waals surface area contributed by atoms with Crippen LogP contribution in [0.4, 0.5) is 0 Å². The van der Waals surface area contributed by atoms with Gasteiger partial charge in [-0.25, -0.2) is 0 Å². The van der Waals surface area contributed by atoms with Crippen molar-refractivity contribution in [2.45, 2.75) is 26.9 Å². The molecule has 2 aromatic carbocycles. The molecule has 0 fully saturated rings. The van der Waals surface area contributed by atoms with Crippen LogP contribution in [-0.2, 0) is 13.1 Å². The highest BCUT2D eigenvalue weighted by Gasteiger charge is 2.07. The maximum Gasteiger partial charge on any atom is 0.251 e. The molecule has 0 aromatic heterocycles. The minimum atomic E-state index is -0.0904. The van der Waals surface area contributed by atoms with E-state index in [0.29, 0.717) is 24.6 Å². The van der Waals surface area contributed by atoms with E-state index >= 15 is 0 Å². The lowest BCUT2D eigenvalue weighted by Crippen LogP contribution is -2.22. The number of nitrogens with one attached hydrogen (secondary N) is 1. The van der Waals surface area contributed by atoms with Gasteiger partial charge in [-0.3, -0.25) is 4.79 Å². The maximum absolute atomic E-state index is 12.3. The van der Waals surface area contributed by atoms with E-state index in [1.54, 1.807) is 12.1 Å². The first-order valence-electron chi connectivity index (χ1n) is 8.67. The summed E-state index contributed by atoms with van der Waals surface area (Å²) in [5.74, 6) is 1.09. The van der Waals surface area contributed by atoms with Gasteiger partial charge < -0.3 is 15.0 Å². The van der Waals surface area contributed by atoms with Crippen molar-refractivity contribution < 1.29 is 9.53 Å². The molecule has 0 saturated heterocycles. The van der Waals surface area contributed by atoms with Crippen molar-refractivity contribution in [2.24, 2.45) is 5.92 Å². The first-order chi connectivity index (χ1) is 11.9. The molecule has 0 aliphatic rings. The van der Waals surface area contributed by atoms with Gasteiger partial charge in [-0.05, 0) is 49.3 Å². The first kappa shape index (κ1) is 19.0. The van der Waals surface area contributed by atoms with Crippen LogP contribution in [0.2, 0.25) is 0 Å². The molecule has 0 aliphatic heterocycles. The van der Waals surface area contributed by atoms with Gasteiger partial charge in [0.25, 0.3) is 5.91 Å². The number of amides is 1. The Morgan fingerprint density at radius 3 is 2.40 bits per heavy atom. The normalized spacial score (nSPS) is 11.0. The molecule has 0 saturated carbocycles. The summed E-state index contributed by atoms with van der Waals surface area (Å²) >= 11 is 0. The number of nitrogens with zero attached hydrogens (tertiary/aromatic N) is 1. The molecule has 0 heterocycles. The van der Waals surface area contributed by atoms with Crippen LogP contribution in [0.3, 0.4) is 0 Å². The molecule has 134 valence electrons. The maximum atomic E-state index is 12.3. The van der Waals surface area contributed by atoms with Crippen molar-refractivity contribution in [3.63, 3.8) is 0 Å². The molecule has 1 N–H and O–H groups in total. The van der Waals surface area contributed by atoms with E-state index in [4.69, 9.17) is 4.74 Å². The van der Waals surface area contributed by atoms with Crippen LogP contribution >= 0.6 is 0 Å². The number of ether oxygens (including phenoxy) is 1. The molecular formula is C21H28N2O2. The first-order valence-corrected chi connectivity index (χ1v) is 8.67. The van der Waals surface area contributed by atoms with Gasteiger partial charge in [-0.15, -0.1) is 0 Å². The fourth-order valence-corrected chi connectivity index (χ4v) is 2.40. The van der Waals surface area contributed by atoms with E-state index in [-0.39, 0.29) is 5.91 Å². The molecule has 4 nitrogen and oxygen atoms in total. The second-order valence-corrected chi connectivity index (χ2v) is 6.97. The van der Waals surface area contributed by atoms with Gasteiger partial charge in [0.1, 0.15) is 5.75 Å². The Labute approximate surface area is 150 Å². The summed E-state index contributed by atoms with van der Waals surface area (Å²) in [4.78, 5) is 14.5. The van der Waals surface area contributed by atoms with E-state index in [1.807, 2.05) is 26.2 Å². The summed E-state index contributed by atoms with van der Waals surface area (Å²) in [6.45, 7) is 6.26. The van der Waals surface area contributed by atoms with Gasteiger partial charge in [-0.2, -0.15) is 0 Å². The van der Waals surface area contributed by atoms with Gasteiger partial charge in [0.05, 0.1) is 6.61 Å². The van der Waals surface area contributed by atoms with Crippen molar-refractivity contribution in [3.05, 3.63) is 65.2 Å². The second kappa shape index (κ2) is 9.23. The summed E-state index contributed by atoms with van der Waals surface area (Å²) in [6, 6.07) is 15.6. The number of hydrogen-bond donors (Lipinski definition) is 1. The Morgan fingerprint density at radius 2 is 1.76 bits per heavy atom. The third kappa shape index (κ3) is 6.59. The Hall–Kier alpha value is -2.33. The topological polar surface area (TPSA) is 41.6 Å². The predicted molar refractivity (Wildman–Crippen MR) is 102 cm³/mol. The van der Waals surface area contributed by atoms with Crippen molar-refractivity contribution >= 4 is 5.91 Å². The fourth-order valence-electron chi connectivity index (χ4n) is 2.40. The molecule has 2 rings (SSSR count). The molecule has 0 radical (unpaired) electrons. The second-order valence-electron chi connectivity index (χ2n) is 6.97. The van der Waals surface area contributed by atoms with Crippen LogP contribution in [0.15, 0.2) is 48.5 Å². The van der Waals surface area contributed by atoms with E-state index in [1.165, 1.54) is 5.56 Å². The van der Waals surface area contributed by atoms with Crippen LogP contribution in [0.1, 0.15) is 35.3 Å². The molecule has 0 spiro atoms. The zero-order valence-electron chi connectivity index (χ0n) is 15.6. The fraction of sp³-hybridized carbons (Fsp3) is 0.381. The van der Waals surface area contributed by atoms with Gasteiger partial charge >= 0.3 is 0 Å². The zero-order valence-corrected chi connectivity index (χ0v) is 15.6. The lowest BCUT2D eigenvalue weighted by molar-refractivity contribution is 0.0950. The van der Waals surface area contributed by atoms with Crippen molar-refractivity contribution in [1.29, 1.82) is 0 Å². The van der Waals surface area contributed by atoms with Crippen LogP contribution in [0, 0.1) is 5.92 Å². The Kier molecular flexibility index (Phi) is 7.02. The predicted octanol–water partition coefficient (Wildman–Crippen LogP) is 3.71. The summed E-state index contributed by atoms with van der Waals surface area (Å²) < 4.78 is 5.68. The zero-order chi connectivity index (χ0) is 18.2. The lowest BCUT2D eigenvalue weighted by atomic mass is 10.1. The lowest BCUT2D eigenvalue weighted by Gasteiger charge is -2.11. The van der Waals surface area contributed by atoms with E-state index in [2.05, 4.69) is 48.3 Å². The molecular weight excluding hydrogens is 312 g/mol. The number of rotatable bonds is 8. The highest BCUT2D eigenvalue weighted by molar-refractivity contribution is 5.94. The third-order valence-corrected chi connectivity index (χ3v) is 3.65. The van der Waals surface area contributed by atoms with Crippen molar-refractivity contribution in [3.8, 4) is 5.75 Å². The van der Waals surface area contributed by atoms with E-state index < -0.39 is 0 Å². The Bertz CT molecular complexity index is 679. The van der Waals surface area contributed by atoms with Crippen molar-refractivity contribution in [1.82, 2.24) is 10.2 Å². The Morgan fingerprint density at radius 1 is 1.08 bits per heavy atom. The number of carbonyl (C=O) groups excluding carboxylic acids is 1. The van der Waals surface area contributed by atoms with E-state index in [9.17, 15) is 4.79 Å². The van der Waals surface area contributed by atoms with Crippen molar-refractivity contribution in [2.75, 3.05) is 20.7 Å². The SMILES string of the molecule is CC(C)COc1cccc(C(=O)NCc2ccc(CN(C)C)cc2)c1. The minimum absolute atomic E-state index is 0.0904. The summed E-state index contributed by atoms with van der Waals surface area (Å²) in [5, 5.41) is 2.96. The average molecular weight is 340 g/mol. The molecule has 4 heteroatoms. The van der Waals surface area contributed by atoms with Crippen LogP contribution in [-0.4, -0.2) is 31.5 Å². The highest BCUT2D eigenvalue weighted by atomic mass is 16.5. The average Bonchev–Trinajstić information content (AvgIpc) is 2.59. The number of hydrogen-bond acceptors (Lipinski definition) is 3. The number of carbonyl (C=O) groups is 1. The summed E-state index contributed by atoms with van der Waals surface area (Å²) in [5.41, 5.74) is 2.96. The van der Waals surface area contributed by atoms with Crippen LogP contribution in [0.5, 0.6) is 5.75 Å². The Balaban J connectivity index is 1.90. The van der Waals surface area contributed by atoms with E-state index in [0.717, 1.165) is 17.9 Å². The quantitative estimate of drug-likeness (QED) is 0.796. The standard InChI is InChI=1S/C21H28N2O2/c1-16(2)15-25-20-7-5-6-19(12-20)21(24)22-13-17-8-10-18(11-9-17)14-23(3)4/h5-12,16H,13-15H2,1-4H3,(H,22,24). The van der Waals surface area contributed by atoms with Gasteiger partial charge in [0.15, 0.2) is 0 Å². The van der Waals surface area contributed by atoms with Gasteiger partial charge in [0, 0.05) is 18.7 Å². The summed E-state index contributed by atoms with van der Waals surface area (Å²) in [7, 11) is 4.10. The monoisotopic (exact) mass is 340 g/mol. The minimum Gasteiger partial charge on any atom is -0.493 e. The highest BCUT2D eigenvalue weighted by Crippen LogP contribution is 2.14. The molecule has 1 amide bonds. The van der Waals surface area contributed by atoms with Crippen LogP contribution in [0.25, 0.3) is 0 Å². The molecule has 0 aliphatic carbocycles. The molecule has 2 aromatic rings. The largest absolute Gasteiger partial charge is 0.493 e. The molecule has 0 atom stereocenters. The van der Waals surface area contributed by atoms with Gasteiger partial charge in [-0.1, -0.05) is 44.2 Å². The molecule has 0 unspecified atom stereocenters. The number of benzene rings is 2. The van der Waals surface area contributed by atoms with Crippen LogP contribution < -0.4 is 10.1 Å².